The second-order valence-electron chi connectivity index (χ2n) is 8.02. The van der Waals surface area contributed by atoms with Crippen molar-refractivity contribution >= 4 is 17.6 Å². The van der Waals surface area contributed by atoms with Gasteiger partial charge in [-0.2, -0.15) is 0 Å². The molecule has 0 aromatic heterocycles. The zero-order valence-corrected chi connectivity index (χ0v) is 18.9. The third kappa shape index (κ3) is 4.77. The van der Waals surface area contributed by atoms with Crippen molar-refractivity contribution < 1.29 is 31.9 Å². The van der Waals surface area contributed by atoms with E-state index < -0.39 is 47.3 Å². The molecule has 4 rings (SSSR count). The minimum absolute atomic E-state index is 0.120. The number of urea groups is 1. The van der Waals surface area contributed by atoms with Gasteiger partial charge in [-0.3, -0.25) is 9.69 Å². The number of amides is 3. The fraction of sp³-hybridized carbons (Fsp3) is 0.200. The molecule has 3 amide bonds. The number of nitrogens with one attached hydrogen (secondary N) is 1. The lowest BCUT2D eigenvalue weighted by Gasteiger charge is -2.35. The molecule has 0 fully saturated rings. The summed E-state index contributed by atoms with van der Waals surface area (Å²) in [4.78, 5) is 28.5. The molecular formula is C25H21F4N3O3. The molecule has 0 atom stereocenters. The summed E-state index contributed by atoms with van der Waals surface area (Å²) in [5, 5.41) is 2.40. The van der Waals surface area contributed by atoms with Crippen LogP contribution in [-0.4, -0.2) is 31.0 Å². The predicted octanol–water partition coefficient (Wildman–Crippen LogP) is 4.75. The highest BCUT2D eigenvalue weighted by molar-refractivity contribution is 5.99. The fourth-order valence-corrected chi connectivity index (χ4v) is 3.93. The summed E-state index contributed by atoms with van der Waals surface area (Å²) in [7, 11) is 2.99. The number of halogens is 4. The van der Waals surface area contributed by atoms with E-state index in [9.17, 15) is 27.2 Å². The van der Waals surface area contributed by atoms with E-state index in [-0.39, 0.29) is 30.0 Å². The predicted molar refractivity (Wildman–Crippen MR) is 120 cm³/mol. The van der Waals surface area contributed by atoms with Crippen LogP contribution in [0.5, 0.6) is 5.75 Å². The van der Waals surface area contributed by atoms with Gasteiger partial charge >= 0.3 is 6.03 Å². The summed E-state index contributed by atoms with van der Waals surface area (Å²) in [6, 6.07) is 9.60. The Hall–Kier alpha value is -4.08. The van der Waals surface area contributed by atoms with Gasteiger partial charge in [0.15, 0.2) is 0 Å². The molecule has 0 radical (unpaired) electrons. The number of hydrogen-bond donors (Lipinski definition) is 1. The van der Waals surface area contributed by atoms with Gasteiger partial charge in [0.25, 0.3) is 5.91 Å². The maximum absolute atomic E-state index is 14.6. The largest absolute Gasteiger partial charge is 0.496 e. The molecule has 0 aliphatic carbocycles. The second-order valence-corrected chi connectivity index (χ2v) is 8.02. The van der Waals surface area contributed by atoms with Crippen molar-refractivity contribution in [1.29, 1.82) is 0 Å². The SMILES string of the molecule is COc1cccc(F)c1CN1C(=O)N(C)Cc2ccc(C(=O)NCc3c(F)cc(F)cc3F)cc21. The highest BCUT2D eigenvalue weighted by Gasteiger charge is 2.30. The Morgan fingerprint density at radius 1 is 1.00 bits per heavy atom. The number of fused-ring (bicyclic) bond motifs is 1. The zero-order valence-electron chi connectivity index (χ0n) is 18.9. The van der Waals surface area contributed by atoms with Gasteiger partial charge in [0.2, 0.25) is 0 Å². The van der Waals surface area contributed by atoms with Crippen LogP contribution in [0.25, 0.3) is 0 Å². The number of carbonyl (C=O) groups is 2. The summed E-state index contributed by atoms with van der Waals surface area (Å²) < 4.78 is 60.7. The molecule has 10 heteroatoms. The van der Waals surface area contributed by atoms with Crippen LogP contribution in [0.2, 0.25) is 0 Å². The van der Waals surface area contributed by atoms with Gasteiger partial charge in [0, 0.05) is 49.0 Å². The summed E-state index contributed by atoms with van der Waals surface area (Å²) >= 11 is 0. The number of hydrogen-bond acceptors (Lipinski definition) is 3. The summed E-state index contributed by atoms with van der Waals surface area (Å²) in [6.07, 6.45) is 0. The number of benzene rings is 3. The normalized spacial score (nSPS) is 13.0. The topological polar surface area (TPSA) is 61.9 Å². The second kappa shape index (κ2) is 9.65. The van der Waals surface area contributed by atoms with Crippen LogP contribution in [0.1, 0.15) is 27.0 Å². The molecular weight excluding hydrogens is 466 g/mol. The van der Waals surface area contributed by atoms with Crippen molar-refractivity contribution in [2.45, 2.75) is 19.6 Å². The quantitative estimate of drug-likeness (QED) is 0.511. The van der Waals surface area contributed by atoms with E-state index in [2.05, 4.69) is 5.32 Å². The van der Waals surface area contributed by atoms with Gasteiger partial charge in [0.05, 0.1) is 19.3 Å². The molecule has 1 aliphatic rings. The first-order valence-electron chi connectivity index (χ1n) is 10.6. The van der Waals surface area contributed by atoms with Crippen LogP contribution in [0, 0.1) is 23.3 Å². The lowest BCUT2D eigenvalue weighted by Crippen LogP contribution is -2.45. The van der Waals surface area contributed by atoms with Crippen LogP contribution < -0.4 is 15.0 Å². The summed E-state index contributed by atoms with van der Waals surface area (Å²) in [6.45, 7) is -0.387. The van der Waals surface area contributed by atoms with E-state index in [0.29, 0.717) is 17.8 Å². The first kappa shape index (κ1) is 24.1. The number of anilines is 1. The van der Waals surface area contributed by atoms with Crippen molar-refractivity contribution in [2.24, 2.45) is 0 Å². The first-order chi connectivity index (χ1) is 16.7. The monoisotopic (exact) mass is 487 g/mol. The molecule has 0 bridgehead atoms. The zero-order chi connectivity index (χ0) is 25.3. The van der Waals surface area contributed by atoms with Gasteiger partial charge in [0.1, 0.15) is 29.0 Å². The third-order valence-corrected chi connectivity index (χ3v) is 5.75. The van der Waals surface area contributed by atoms with Crippen molar-refractivity contribution in [2.75, 3.05) is 19.1 Å². The average Bonchev–Trinajstić information content (AvgIpc) is 2.81. The minimum atomic E-state index is -1.12. The highest BCUT2D eigenvalue weighted by Crippen LogP contribution is 2.33. The number of carbonyl (C=O) groups excluding carboxylic acids is 2. The van der Waals surface area contributed by atoms with Gasteiger partial charge in [-0.25, -0.2) is 22.4 Å². The molecule has 1 heterocycles. The van der Waals surface area contributed by atoms with Crippen molar-refractivity contribution in [1.82, 2.24) is 10.2 Å². The Balaban J connectivity index is 1.62. The van der Waals surface area contributed by atoms with Gasteiger partial charge in [-0.15, -0.1) is 0 Å². The van der Waals surface area contributed by atoms with E-state index >= 15 is 0 Å². The molecule has 3 aromatic carbocycles. The van der Waals surface area contributed by atoms with E-state index in [4.69, 9.17) is 4.74 Å². The molecule has 0 saturated carbocycles. The third-order valence-electron chi connectivity index (χ3n) is 5.75. The molecule has 182 valence electrons. The molecule has 0 spiro atoms. The minimum Gasteiger partial charge on any atom is -0.496 e. The van der Waals surface area contributed by atoms with Crippen molar-refractivity contribution in [3.8, 4) is 5.75 Å². The first-order valence-corrected chi connectivity index (χ1v) is 10.6. The van der Waals surface area contributed by atoms with Crippen LogP contribution in [0.4, 0.5) is 28.0 Å². The average molecular weight is 487 g/mol. The van der Waals surface area contributed by atoms with E-state index in [1.807, 2.05) is 0 Å². The maximum atomic E-state index is 14.6. The van der Waals surface area contributed by atoms with Crippen molar-refractivity contribution in [3.63, 3.8) is 0 Å². The number of ether oxygens (including phenoxy) is 1. The van der Waals surface area contributed by atoms with E-state index in [1.54, 1.807) is 19.2 Å². The summed E-state index contributed by atoms with van der Waals surface area (Å²) in [5.74, 6) is -4.25. The molecule has 3 aromatic rings. The van der Waals surface area contributed by atoms with Crippen LogP contribution in [-0.2, 0) is 19.6 Å². The molecule has 1 N–H and O–H groups in total. The van der Waals surface area contributed by atoms with Gasteiger partial charge in [-0.1, -0.05) is 12.1 Å². The molecule has 0 unspecified atom stereocenters. The summed E-state index contributed by atoms with van der Waals surface area (Å²) in [5.41, 5.74) is 0.916. The Morgan fingerprint density at radius 3 is 2.40 bits per heavy atom. The van der Waals surface area contributed by atoms with Crippen LogP contribution in [0.15, 0.2) is 48.5 Å². The molecule has 6 nitrogen and oxygen atoms in total. The Labute approximate surface area is 198 Å². The van der Waals surface area contributed by atoms with Gasteiger partial charge in [-0.05, 0) is 29.8 Å². The fourth-order valence-electron chi connectivity index (χ4n) is 3.93. The molecule has 0 saturated heterocycles. The number of methoxy groups -OCH3 is 1. The van der Waals surface area contributed by atoms with E-state index in [1.165, 1.54) is 41.2 Å². The van der Waals surface area contributed by atoms with Crippen molar-refractivity contribution in [3.05, 3.63) is 94.1 Å². The molecule has 1 aliphatic heterocycles. The maximum Gasteiger partial charge on any atom is 0.324 e. The number of rotatable bonds is 6. The van der Waals surface area contributed by atoms with Crippen LogP contribution in [0.3, 0.4) is 0 Å². The lowest BCUT2D eigenvalue weighted by molar-refractivity contribution is 0.0950. The Bertz CT molecular complexity index is 1290. The highest BCUT2D eigenvalue weighted by atomic mass is 19.1. The molecule has 35 heavy (non-hydrogen) atoms. The standard InChI is InChI=1S/C25H21F4N3O3/c1-31-12-15-7-6-14(24(33)30-11-17-20(28)9-16(26)10-21(17)29)8-22(15)32(25(31)34)13-18-19(27)4-3-5-23(18)35-2/h3-10H,11-13H2,1-2H3,(H,30,33). The van der Waals surface area contributed by atoms with Gasteiger partial charge < -0.3 is 15.0 Å². The lowest BCUT2D eigenvalue weighted by atomic mass is 10.0. The smallest absolute Gasteiger partial charge is 0.324 e. The number of nitrogens with zero attached hydrogens (tertiary/aromatic N) is 2. The Kier molecular flexibility index (Phi) is 6.63. The van der Waals surface area contributed by atoms with Crippen LogP contribution >= 0.6 is 0 Å². The Morgan fingerprint density at radius 2 is 1.71 bits per heavy atom. The van der Waals surface area contributed by atoms with E-state index in [0.717, 1.165) is 5.56 Å².